The maximum absolute atomic E-state index is 9.27. The average Bonchev–Trinajstić information content (AvgIpc) is 3.02. The number of fused-ring (bicyclic) bond motifs is 1. The van der Waals surface area contributed by atoms with Crippen LogP contribution in [0.2, 0.25) is 0 Å². The first kappa shape index (κ1) is 14.5. The number of thiophene rings is 1. The van der Waals surface area contributed by atoms with Crippen LogP contribution in [-0.4, -0.2) is 16.7 Å². The summed E-state index contributed by atoms with van der Waals surface area (Å²) in [5.41, 5.74) is 0.941. The molecule has 3 rings (SSSR count). The topological polar surface area (TPSA) is 45.1 Å². The molecule has 0 spiro atoms. The van der Waals surface area contributed by atoms with Crippen molar-refractivity contribution in [2.75, 3.05) is 11.9 Å². The van der Waals surface area contributed by atoms with Crippen LogP contribution >= 0.6 is 27.3 Å². The van der Waals surface area contributed by atoms with Gasteiger partial charge in [-0.1, -0.05) is 18.2 Å². The number of nitrogens with zero attached hydrogens (tertiary/aromatic N) is 1. The molecule has 0 bridgehead atoms. The Morgan fingerprint density at radius 1 is 1.19 bits per heavy atom. The second-order valence-corrected chi connectivity index (χ2v) is 6.57. The van der Waals surface area contributed by atoms with Crippen molar-refractivity contribution >= 4 is 44.0 Å². The molecule has 1 unspecified atom stereocenters. The quantitative estimate of drug-likeness (QED) is 0.697. The summed E-state index contributed by atoms with van der Waals surface area (Å²) in [6.07, 6.45) is 0.663. The Morgan fingerprint density at radius 2 is 2.10 bits per heavy atom. The summed E-state index contributed by atoms with van der Waals surface area (Å²) in [5, 5.41) is 15.8. The molecule has 0 aliphatic heterocycles. The highest BCUT2D eigenvalue weighted by molar-refractivity contribution is 9.10. The molecule has 108 valence electrons. The highest BCUT2D eigenvalue weighted by atomic mass is 79.9. The van der Waals surface area contributed by atoms with Crippen LogP contribution in [0.15, 0.2) is 52.3 Å². The van der Waals surface area contributed by atoms with Gasteiger partial charge in [-0.15, -0.1) is 11.3 Å². The molecule has 0 aliphatic rings. The molecule has 21 heavy (non-hydrogen) atoms. The first-order valence-electron chi connectivity index (χ1n) is 6.74. The molecule has 2 N–H and O–H groups in total. The number of hydrogen-bond acceptors (Lipinski definition) is 4. The van der Waals surface area contributed by atoms with Crippen molar-refractivity contribution in [1.29, 1.82) is 0 Å². The molecular weight excluding hydrogens is 348 g/mol. The van der Waals surface area contributed by atoms with Gasteiger partial charge in [0, 0.05) is 21.3 Å². The van der Waals surface area contributed by atoms with E-state index in [-0.39, 0.29) is 12.6 Å². The van der Waals surface area contributed by atoms with Crippen molar-refractivity contribution in [3.63, 3.8) is 0 Å². The minimum absolute atomic E-state index is 0.0856. The molecule has 0 saturated heterocycles. The lowest BCUT2D eigenvalue weighted by molar-refractivity contribution is 0.280. The van der Waals surface area contributed by atoms with E-state index in [9.17, 15) is 5.11 Å². The predicted octanol–water partition coefficient (Wildman–Crippen LogP) is 4.59. The smallest absolute Gasteiger partial charge is 0.127 e. The van der Waals surface area contributed by atoms with Crippen LogP contribution in [0.1, 0.15) is 17.3 Å². The number of pyridine rings is 1. The van der Waals surface area contributed by atoms with E-state index in [1.807, 2.05) is 35.7 Å². The van der Waals surface area contributed by atoms with Crippen molar-refractivity contribution < 1.29 is 5.11 Å². The van der Waals surface area contributed by atoms with E-state index in [2.05, 4.69) is 38.4 Å². The fourth-order valence-electron chi connectivity index (χ4n) is 2.27. The molecule has 0 saturated carbocycles. The molecule has 2 heterocycles. The minimum Gasteiger partial charge on any atom is -0.396 e. The summed E-state index contributed by atoms with van der Waals surface area (Å²) >= 11 is 5.22. The molecule has 1 atom stereocenters. The van der Waals surface area contributed by atoms with E-state index in [1.165, 1.54) is 4.88 Å². The van der Waals surface area contributed by atoms with Gasteiger partial charge >= 0.3 is 0 Å². The summed E-state index contributed by atoms with van der Waals surface area (Å²) < 4.78 is 0.985. The molecule has 0 fully saturated rings. The monoisotopic (exact) mass is 362 g/mol. The SMILES string of the molecule is OCCC(Nc1ccc2cccc(Br)c2n1)c1cccs1. The number of aliphatic hydroxyl groups excluding tert-OH is 1. The van der Waals surface area contributed by atoms with Gasteiger partial charge in [0.05, 0.1) is 11.6 Å². The second-order valence-electron chi connectivity index (χ2n) is 4.73. The fourth-order valence-corrected chi connectivity index (χ4v) is 3.56. The Hall–Kier alpha value is -1.43. The molecule has 5 heteroatoms. The van der Waals surface area contributed by atoms with E-state index >= 15 is 0 Å². The predicted molar refractivity (Wildman–Crippen MR) is 91.8 cm³/mol. The van der Waals surface area contributed by atoms with E-state index in [0.29, 0.717) is 6.42 Å². The highest BCUT2D eigenvalue weighted by Gasteiger charge is 2.13. The third-order valence-corrected chi connectivity index (χ3v) is 4.92. The molecule has 0 amide bonds. The van der Waals surface area contributed by atoms with Crippen LogP contribution in [0.25, 0.3) is 10.9 Å². The number of aromatic nitrogens is 1. The van der Waals surface area contributed by atoms with E-state index < -0.39 is 0 Å². The van der Waals surface area contributed by atoms with Crippen LogP contribution in [0.4, 0.5) is 5.82 Å². The van der Waals surface area contributed by atoms with Crippen molar-refractivity contribution in [2.24, 2.45) is 0 Å². The first-order valence-corrected chi connectivity index (χ1v) is 8.41. The third-order valence-electron chi connectivity index (χ3n) is 3.30. The van der Waals surface area contributed by atoms with Gasteiger partial charge in [0.1, 0.15) is 5.82 Å². The van der Waals surface area contributed by atoms with Gasteiger partial charge in [0.15, 0.2) is 0 Å². The number of benzene rings is 1. The van der Waals surface area contributed by atoms with Gasteiger partial charge in [-0.2, -0.15) is 0 Å². The average molecular weight is 363 g/mol. The molecular formula is C16H15BrN2OS. The first-order chi connectivity index (χ1) is 10.3. The van der Waals surface area contributed by atoms with Crippen LogP contribution in [-0.2, 0) is 0 Å². The number of halogens is 1. The zero-order chi connectivity index (χ0) is 14.7. The lowest BCUT2D eigenvalue weighted by atomic mass is 10.1. The Kier molecular flexibility index (Phi) is 4.53. The number of para-hydroxylation sites is 1. The number of rotatable bonds is 5. The van der Waals surface area contributed by atoms with Crippen LogP contribution in [0.3, 0.4) is 0 Å². The van der Waals surface area contributed by atoms with E-state index in [0.717, 1.165) is 21.2 Å². The van der Waals surface area contributed by atoms with Crippen molar-refractivity contribution in [3.8, 4) is 0 Å². The Bertz CT molecular complexity index is 730. The van der Waals surface area contributed by atoms with Gasteiger partial charge in [-0.25, -0.2) is 4.98 Å². The van der Waals surface area contributed by atoms with Gasteiger partial charge < -0.3 is 10.4 Å². The Balaban J connectivity index is 1.91. The fraction of sp³-hybridized carbons (Fsp3) is 0.188. The summed E-state index contributed by atoms with van der Waals surface area (Å²) in [5.74, 6) is 0.821. The normalized spacial score (nSPS) is 12.5. The van der Waals surface area contributed by atoms with Gasteiger partial charge in [-0.3, -0.25) is 0 Å². The van der Waals surface area contributed by atoms with Gasteiger partial charge in [0.2, 0.25) is 0 Å². The minimum atomic E-state index is 0.0856. The van der Waals surface area contributed by atoms with Crippen LogP contribution in [0, 0.1) is 0 Å². The summed E-state index contributed by atoms with van der Waals surface area (Å²) in [7, 11) is 0. The maximum Gasteiger partial charge on any atom is 0.127 e. The number of nitrogens with one attached hydrogen (secondary N) is 1. The standard InChI is InChI=1S/C16H15BrN2OS/c17-12-4-1-3-11-6-7-15(19-16(11)12)18-13(8-9-20)14-5-2-10-21-14/h1-7,10,13,20H,8-9H2,(H,18,19). The lowest BCUT2D eigenvalue weighted by Gasteiger charge is -2.17. The van der Waals surface area contributed by atoms with Crippen LogP contribution < -0.4 is 5.32 Å². The largest absolute Gasteiger partial charge is 0.396 e. The number of hydrogen-bond donors (Lipinski definition) is 2. The molecule has 0 radical (unpaired) electrons. The lowest BCUT2D eigenvalue weighted by Crippen LogP contribution is -2.12. The van der Waals surface area contributed by atoms with Crippen molar-refractivity contribution in [2.45, 2.75) is 12.5 Å². The number of aliphatic hydroxyl groups is 1. The Morgan fingerprint density at radius 3 is 2.86 bits per heavy atom. The summed E-state index contributed by atoms with van der Waals surface area (Å²) in [4.78, 5) is 5.88. The second kappa shape index (κ2) is 6.56. The molecule has 2 aromatic heterocycles. The van der Waals surface area contributed by atoms with Crippen LogP contribution in [0.5, 0.6) is 0 Å². The number of anilines is 1. The molecule has 3 aromatic rings. The van der Waals surface area contributed by atoms with Gasteiger partial charge in [-0.05, 0) is 52.0 Å². The third kappa shape index (κ3) is 3.26. The van der Waals surface area contributed by atoms with E-state index in [1.54, 1.807) is 11.3 Å². The van der Waals surface area contributed by atoms with Gasteiger partial charge in [0.25, 0.3) is 0 Å². The Labute approximate surface area is 135 Å². The summed E-state index contributed by atoms with van der Waals surface area (Å²) in [6.45, 7) is 0.146. The zero-order valence-corrected chi connectivity index (χ0v) is 13.7. The molecule has 0 aliphatic carbocycles. The van der Waals surface area contributed by atoms with E-state index in [4.69, 9.17) is 0 Å². The molecule has 3 nitrogen and oxygen atoms in total. The summed E-state index contributed by atoms with van der Waals surface area (Å²) in [6, 6.07) is 14.3. The zero-order valence-electron chi connectivity index (χ0n) is 11.3. The van der Waals surface area contributed by atoms with Crippen molar-refractivity contribution in [3.05, 3.63) is 57.2 Å². The van der Waals surface area contributed by atoms with Crippen molar-refractivity contribution in [1.82, 2.24) is 4.98 Å². The molecule has 1 aromatic carbocycles. The maximum atomic E-state index is 9.27. The highest BCUT2D eigenvalue weighted by Crippen LogP contribution is 2.28.